The number of carbonyl (C=O) groups excluding carboxylic acids is 4. The van der Waals surface area contributed by atoms with Gasteiger partial charge in [-0.15, -0.1) is 0 Å². The van der Waals surface area contributed by atoms with E-state index in [1.165, 1.54) is 231 Å². The van der Waals surface area contributed by atoms with Crippen LogP contribution in [-0.2, 0) is 65.4 Å². The van der Waals surface area contributed by atoms with Crippen molar-refractivity contribution in [2.24, 2.45) is 11.8 Å². The standard InChI is InChI=1S/C80H156O17P2/c1-7-10-12-14-16-18-20-21-22-23-24-25-26-27-28-29-34-37-41-45-53-59-65-80(85)96-75(68-90-77(82)62-56-50-43-40-36-33-31-30-32-35-38-42-49-55-61-73(6)9-3)70-94-98(86,87)92-66-74(81)67-93-99(88,89)95-71-76(69-91-78(83)63-57-51-47-46-48-54-60-72(4)5)97-79(84)64-58-52-44-39-19-17-15-13-11-8-2/h72-76,81H,7-71H2,1-6H3,(H,86,87)(H,88,89)/t73?,74-,75-,76-/m1/s1. The van der Waals surface area contributed by atoms with Gasteiger partial charge < -0.3 is 33.8 Å². The number of rotatable bonds is 79. The molecule has 99 heavy (non-hydrogen) atoms. The van der Waals surface area contributed by atoms with Crippen LogP contribution in [0, 0.1) is 11.8 Å². The predicted molar refractivity (Wildman–Crippen MR) is 405 cm³/mol. The number of unbranched alkanes of at least 4 members (excludes halogenated alkanes) is 48. The number of phosphoric acid groups is 2. The zero-order valence-corrected chi connectivity index (χ0v) is 66.6. The van der Waals surface area contributed by atoms with Gasteiger partial charge in [0.25, 0.3) is 0 Å². The van der Waals surface area contributed by atoms with E-state index in [1.807, 2.05) is 0 Å². The van der Waals surface area contributed by atoms with Gasteiger partial charge in [-0.25, -0.2) is 9.13 Å². The van der Waals surface area contributed by atoms with Gasteiger partial charge in [-0.2, -0.15) is 0 Å². The highest BCUT2D eigenvalue weighted by Gasteiger charge is 2.30. The molecule has 6 atom stereocenters. The lowest BCUT2D eigenvalue weighted by molar-refractivity contribution is -0.161. The number of phosphoric ester groups is 2. The normalized spacial score (nSPS) is 14.2. The summed E-state index contributed by atoms with van der Waals surface area (Å²) in [5.41, 5.74) is 0. The number of aliphatic hydroxyl groups excluding tert-OH is 1. The molecule has 0 heterocycles. The molecule has 3 N–H and O–H groups in total. The van der Waals surface area contributed by atoms with E-state index in [0.717, 1.165) is 102 Å². The van der Waals surface area contributed by atoms with Gasteiger partial charge in [0.2, 0.25) is 0 Å². The third kappa shape index (κ3) is 72.8. The summed E-state index contributed by atoms with van der Waals surface area (Å²) in [6, 6.07) is 0. The molecule has 0 aromatic heterocycles. The Kier molecular flexibility index (Phi) is 70.3. The molecule has 0 spiro atoms. The number of carbonyl (C=O) groups is 4. The van der Waals surface area contributed by atoms with Crippen molar-refractivity contribution in [1.29, 1.82) is 0 Å². The molecule has 0 saturated carbocycles. The zero-order valence-electron chi connectivity index (χ0n) is 64.8. The van der Waals surface area contributed by atoms with Crippen LogP contribution >= 0.6 is 15.6 Å². The Morgan fingerprint density at radius 2 is 0.515 bits per heavy atom. The molecule has 0 amide bonds. The maximum atomic E-state index is 13.1. The highest BCUT2D eigenvalue weighted by atomic mass is 31.2. The second-order valence-corrected chi connectivity index (χ2v) is 32.4. The van der Waals surface area contributed by atoms with Crippen LogP contribution in [-0.4, -0.2) is 96.7 Å². The topological polar surface area (TPSA) is 237 Å². The van der Waals surface area contributed by atoms with Gasteiger partial charge in [0, 0.05) is 25.7 Å². The Morgan fingerprint density at radius 3 is 0.768 bits per heavy atom. The Morgan fingerprint density at radius 1 is 0.293 bits per heavy atom. The highest BCUT2D eigenvalue weighted by Crippen LogP contribution is 2.45. The van der Waals surface area contributed by atoms with Crippen molar-refractivity contribution in [3.05, 3.63) is 0 Å². The fraction of sp³-hybridized carbons (Fsp3) is 0.950. The number of hydrogen-bond donors (Lipinski definition) is 3. The van der Waals surface area contributed by atoms with E-state index in [2.05, 4.69) is 41.5 Å². The monoisotopic (exact) mass is 1450 g/mol. The van der Waals surface area contributed by atoms with Gasteiger partial charge in [0.15, 0.2) is 12.2 Å². The lowest BCUT2D eigenvalue weighted by Gasteiger charge is -2.21. The van der Waals surface area contributed by atoms with E-state index < -0.39 is 97.5 Å². The summed E-state index contributed by atoms with van der Waals surface area (Å²) in [5, 5.41) is 10.6. The Balaban J connectivity index is 5.17. The molecule has 0 rings (SSSR count). The van der Waals surface area contributed by atoms with Crippen LogP contribution in [0.15, 0.2) is 0 Å². The van der Waals surface area contributed by atoms with Crippen LogP contribution in [0.25, 0.3) is 0 Å². The van der Waals surface area contributed by atoms with E-state index in [-0.39, 0.29) is 25.7 Å². The minimum Gasteiger partial charge on any atom is -0.462 e. The highest BCUT2D eigenvalue weighted by molar-refractivity contribution is 7.47. The van der Waals surface area contributed by atoms with Crippen molar-refractivity contribution in [2.45, 2.75) is 439 Å². The molecular weight excluding hydrogens is 1290 g/mol. The van der Waals surface area contributed by atoms with E-state index in [4.69, 9.17) is 37.0 Å². The summed E-state index contributed by atoms with van der Waals surface area (Å²) in [7, 11) is -9.91. The summed E-state index contributed by atoms with van der Waals surface area (Å²) in [4.78, 5) is 72.8. The first-order valence-electron chi connectivity index (χ1n) is 41.5. The predicted octanol–water partition coefficient (Wildman–Crippen LogP) is 23.9. The molecule has 0 aliphatic heterocycles. The maximum absolute atomic E-state index is 13.1. The van der Waals surface area contributed by atoms with Gasteiger partial charge in [0.05, 0.1) is 26.4 Å². The van der Waals surface area contributed by atoms with Gasteiger partial charge in [0.1, 0.15) is 19.3 Å². The van der Waals surface area contributed by atoms with Crippen LogP contribution in [0.2, 0.25) is 0 Å². The van der Waals surface area contributed by atoms with Gasteiger partial charge in [-0.1, -0.05) is 369 Å². The van der Waals surface area contributed by atoms with Gasteiger partial charge >= 0.3 is 39.5 Å². The maximum Gasteiger partial charge on any atom is 0.472 e. The first kappa shape index (κ1) is 97.1. The molecule has 17 nitrogen and oxygen atoms in total. The number of hydrogen-bond acceptors (Lipinski definition) is 15. The molecule has 588 valence electrons. The molecule has 0 saturated heterocycles. The van der Waals surface area contributed by atoms with E-state index in [1.54, 1.807) is 0 Å². The molecule has 0 aliphatic rings. The van der Waals surface area contributed by atoms with Crippen LogP contribution in [0.4, 0.5) is 0 Å². The summed E-state index contributed by atoms with van der Waals surface area (Å²) in [5.74, 6) is -0.585. The van der Waals surface area contributed by atoms with Crippen LogP contribution in [0.1, 0.15) is 420 Å². The van der Waals surface area contributed by atoms with Crippen molar-refractivity contribution in [2.75, 3.05) is 39.6 Å². The van der Waals surface area contributed by atoms with Crippen molar-refractivity contribution in [3.8, 4) is 0 Å². The first-order valence-corrected chi connectivity index (χ1v) is 44.5. The van der Waals surface area contributed by atoms with Gasteiger partial charge in [-0.05, 0) is 37.5 Å². The lowest BCUT2D eigenvalue weighted by atomic mass is 9.99. The second kappa shape index (κ2) is 71.7. The average Bonchev–Trinajstić information content (AvgIpc) is 1.20. The average molecular weight is 1450 g/mol. The van der Waals surface area contributed by atoms with Crippen molar-refractivity contribution in [1.82, 2.24) is 0 Å². The third-order valence-electron chi connectivity index (χ3n) is 19.1. The van der Waals surface area contributed by atoms with Crippen molar-refractivity contribution < 1.29 is 80.2 Å². The Hall–Kier alpha value is -1.94. The molecule has 19 heteroatoms. The van der Waals surface area contributed by atoms with E-state index in [0.29, 0.717) is 31.6 Å². The largest absolute Gasteiger partial charge is 0.472 e. The van der Waals surface area contributed by atoms with Crippen molar-refractivity contribution >= 4 is 39.5 Å². The quantitative estimate of drug-likeness (QED) is 0.0222. The van der Waals surface area contributed by atoms with Crippen molar-refractivity contribution in [3.63, 3.8) is 0 Å². The molecule has 0 aromatic carbocycles. The molecular formula is C80H156O17P2. The fourth-order valence-corrected chi connectivity index (χ4v) is 13.9. The lowest BCUT2D eigenvalue weighted by Crippen LogP contribution is -2.30. The van der Waals surface area contributed by atoms with E-state index in [9.17, 15) is 43.2 Å². The SMILES string of the molecule is CCCCCCCCCCCCCCCCCCCCCCCCC(=O)O[C@H](COC(=O)CCCCCCCCCCCCCCCCC(C)CC)COP(=O)(O)OC[C@@H](O)COP(=O)(O)OC[C@@H](COC(=O)CCCCCCCCC(C)C)OC(=O)CCCCCCCCCCCC. The molecule has 0 aliphatic carbocycles. The molecule has 3 unspecified atom stereocenters. The first-order chi connectivity index (χ1) is 47.9. The minimum absolute atomic E-state index is 0.106. The van der Waals surface area contributed by atoms with Gasteiger partial charge in [-0.3, -0.25) is 37.3 Å². The molecule has 0 radical (unpaired) electrons. The third-order valence-corrected chi connectivity index (χ3v) is 21.0. The summed E-state index contributed by atoms with van der Waals surface area (Å²) in [6.45, 7) is 9.58. The summed E-state index contributed by atoms with van der Waals surface area (Å²) in [6.07, 6.45) is 61.4. The molecule has 0 bridgehead atoms. The minimum atomic E-state index is -4.96. The molecule has 0 aromatic rings. The Labute approximate surface area is 607 Å². The zero-order chi connectivity index (χ0) is 72.8. The van der Waals surface area contributed by atoms with E-state index >= 15 is 0 Å². The van der Waals surface area contributed by atoms with Crippen LogP contribution in [0.5, 0.6) is 0 Å². The number of esters is 4. The van der Waals surface area contributed by atoms with Crippen LogP contribution in [0.3, 0.4) is 0 Å². The summed E-state index contributed by atoms with van der Waals surface area (Å²) < 4.78 is 68.6. The number of aliphatic hydroxyl groups is 1. The molecule has 0 fully saturated rings. The second-order valence-electron chi connectivity index (χ2n) is 29.5. The number of ether oxygens (including phenoxy) is 4. The summed E-state index contributed by atoms with van der Waals surface area (Å²) >= 11 is 0. The smallest absolute Gasteiger partial charge is 0.462 e. The Bertz CT molecular complexity index is 1910. The van der Waals surface area contributed by atoms with Crippen LogP contribution < -0.4 is 0 Å². The fourth-order valence-electron chi connectivity index (χ4n) is 12.3.